The molecule has 150 valence electrons. The second-order valence-corrected chi connectivity index (χ2v) is 8.78. The molecule has 6 heteroatoms. The van der Waals surface area contributed by atoms with Gasteiger partial charge in [0.05, 0.1) is 5.41 Å². The first-order chi connectivity index (χ1) is 13.9. The smallest absolute Gasteiger partial charge is 0.289 e. The van der Waals surface area contributed by atoms with E-state index in [0.717, 1.165) is 15.4 Å². The minimum absolute atomic E-state index is 0.0874. The maximum atomic E-state index is 13.1. The zero-order valence-electron chi connectivity index (χ0n) is 16.5. The average Bonchev–Trinajstić information content (AvgIpc) is 3.16. The number of rotatable bonds is 3. The molecule has 0 unspecified atom stereocenters. The van der Waals surface area contributed by atoms with Crippen LogP contribution < -0.4 is 0 Å². The molecule has 0 spiro atoms. The van der Waals surface area contributed by atoms with E-state index in [1.165, 1.54) is 0 Å². The summed E-state index contributed by atoms with van der Waals surface area (Å²) in [5.74, 6) is 0.290. The third-order valence-corrected chi connectivity index (χ3v) is 6.07. The molecule has 29 heavy (non-hydrogen) atoms. The maximum absolute atomic E-state index is 13.1. The third kappa shape index (κ3) is 3.81. The molecule has 5 nitrogen and oxygen atoms in total. The second-order valence-electron chi connectivity index (χ2n) is 7.87. The van der Waals surface area contributed by atoms with Crippen molar-refractivity contribution in [1.29, 1.82) is 0 Å². The summed E-state index contributed by atoms with van der Waals surface area (Å²) in [6.07, 6.45) is 0. The lowest BCUT2D eigenvalue weighted by Gasteiger charge is -2.38. The Labute approximate surface area is 178 Å². The van der Waals surface area contributed by atoms with Crippen molar-refractivity contribution < 1.29 is 14.0 Å². The third-order valence-electron chi connectivity index (χ3n) is 5.57. The van der Waals surface area contributed by atoms with Gasteiger partial charge in [-0.15, -0.1) is 0 Å². The van der Waals surface area contributed by atoms with Gasteiger partial charge in [-0.2, -0.15) is 0 Å². The molecule has 0 saturated carbocycles. The lowest BCUT2D eigenvalue weighted by atomic mass is 9.83. The number of benzene rings is 2. The predicted molar refractivity (Wildman–Crippen MR) is 116 cm³/mol. The number of halogens is 1. The van der Waals surface area contributed by atoms with Crippen LogP contribution in [-0.4, -0.2) is 47.8 Å². The lowest BCUT2D eigenvalue weighted by Crippen LogP contribution is -2.54. The molecule has 2 amide bonds. The monoisotopic (exact) mass is 454 g/mol. The fourth-order valence-corrected chi connectivity index (χ4v) is 4.14. The quantitative estimate of drug-likeness (QED) is 0.586. The Bertz CT molecular complexity index is 1050. The molecule has 1 saturated heterocycles. The second kappa shape index (κ2) is 7.67. The first-order valence-corrected chi connectivity index (χ1v) is 10.5. The van der Waals surface area contributed by atoms with Gasteiger partial charge in [-0.1, -0.05) is 46.3 Å². The van der Waals surface area contributed by atoms with Crippen molar-refractivity contribution in [2.45, 2.75) is 19.3 Å². The zero-order chi connectivity index (χ0) is 20.6. The van der Waals surface area contributed by atoms with Crippen LogP contribution in [0.4, 0.5) is 0 Å². The van der Waals surface area contributed by atoms with Crippen LogP contribution >= 0.6 is 15.9 Å². The first-order valence-electron chi connectivity index (χ1n) is 9.69. The average molecular weight is 455 g/mol. The maximum Gasteiger partial charge on any atom is 0.289 e. The number of carbonyl (C=O) groups excluding carboxylic acids is 2. The van der Waals surface area contributed by atoms with Crippen LogP contribution in [0, 0.1) is 0 Å². The molecule has 0 aliphatic carbocycles. The number of piperazine rings is 1. The van der Waals surface area contributed by atoms with Crippen LogP contribution in [0.5, 0.6) is 0 Å². The summed E-state index contributed by atoms with van der Waals surface area (Å²) < 4.78 is 6.67. The summed E-state index contributed by atoms with van der Waals surface area (Å²) in [6, 6.07) is 17.3. The van der Waals surface area contributed by atoms with Crippen LogP contribution in [-0.2, 0) is 10.2 Å². The van der Waals surface area contributed by atoms with Crippen molar-refractivity contribution >= 4 is 38.7 Å². The Morgan fingerprint density at radius 1 is 0.931 bits per heavy atom. The Morgan fingerprint density at radius 3 is 2.28 bits per heavy atom. The molecular weight excluding hydrogens is 432 g/mol. The molecule has 0 atom stereocenters. The number of nitrogens with zero attached hydrogens (tertiary/aromatic N) is 2. The predicted octanol–water partition coefficient (Wildman–Crippen LogP) is 4.46. The van der Waals surface area contributed by atoms with Gasteiger partial charge in [-0.05, 0) is 43.7 Å². The van der Waals surface area contributed by atoms with Crippen molar-refractivity contribution in [3.05, 3.63) is 70.4 Å². The minimum atomic E-state index is -0.598. The molecule has 1 fully saturated rings. The van der Waals surface area contributed by atoms with Crippen LogP contribution in [0.25, 0.3) is 11.0 Å². The van der Waals surface area contributed by atoms with Crippen molar-refractivity contribution in [1.82, 2.24) is 9.80 Å². The molecule has 2 aromatic carbocycles. The fourth-order valence-electron chi connectivity index (χ4n) is 3.76. The van der Waals surface area contributed by atoms with Gasteiger partial charge in [0.2, 0.25) is 5.91 Å². The molecule has 0 N–H and O–H groups in total. The molecule has 1 aromatic heterocycles. The van der Waals surface area contributed by atoms with E-state index in [4.69, 9.17) is 4.42 Å². The van der Waals surface area contributed by atoms with E-state index in [9.17, 15) is 9.59 Å². The molecule has 0 radical (unpaired) electrons. The van der Waals surface area contributed by atoms with Gasteiger partial charge in [-0.25, -0.2) is 0 Å². The number of fused-ring (bicyclic) bond motifs is 1. The van der Waals surface area contributed by atoms with Gasteiger partial charge in [0.25, 0.3) is 5.91 Å². The highest BCUT2D eigenvalue weighted by molar-refractivity contribution is 9.10. The number of carbonyl (C=O) groups is 2. The van der Waals surface area contributed by atoms with Crippen molar-refractivity contribution in [3.63, 3.8) is 0 Å². The normalized spacial score (nSPS) is 15.0. The standard InChI is InChI=1S/C23H23BrN2O3/c1-23(2,17-6-4-3-5-7-17)22(28)26-12-10-25(11-13-26)21(27)20-15-16-14-18(24)8-9-19(16)29-20/h3-9,14-15H,10-13H2,1-2H3. The summed E-state index contributed by atoms with van der Waals surface area (Å²) in [6.45, 7) is 5.94. The Balaban J connectivity index is 1.43. The zero-order valence-corrected chi connectivity index (χ0v) is 18.1. The highest BCUT2D eigenvalue weighted by atomic mass is 79.9. The van der Waals surface area contributed by atoms with E-state index in [1.807, 2.05) is 67.3 Å². The molecule has 1 aliphatic rings. The van der Waals surface area contributed by atoms with E-state index in [0.29, 0.717) is 37.5 Å². The van der Waals surface area contributed by atoms with Gasteiger partial charge in [0, 0.05) is 36.0 Å². The number of furan rings is 1. The largest absolute Gasteiger partial charge is 0.451 e. The topological polar surface area (TPSA) is 53.8 Å². The van der Waals surface area contributed by atoms with E-state index < -0.39 is 5.41 Å². The summed E-state index contributed by atoms with van der Waals surface area (Å²) in [5.41, 5.74) is 1.09. The molecular formula is C23H23BrN2O3. The van der Waals surface area contributed by atoms with Crippen LogP contribution in [0.1, 0.15) is 30.0 Å². The summed E-state index contributed by atoms with van der Waals surface area (Å²) in [7, 11) is 0. The first kappa shape index (κ1) is 19.7. The van der Waals surface area contributed by atoms with E-state index in [1.54, 1.807) is 11.0 Å². The van der Waals surface area contributed by atoms with Gasteiger partial charge in [0.15, 0.2) is 5.76 Å². The Morgan fingerprint density at radius 2 is 1.59 bits per heavy atom. The van der Waals surface area contributed by atoms with Crippen LogP contribution in [0.3, 0.4) is 0 Å². The minimum Gasteiger partial charge on any atom is -0.451 e. The number of hydrogen-bond donors (Lipinski definition) is 0. The van der Waals surface area contributed by atoms with Crippen molar-refractivity contribution in [2.24, 2.45) is 0 Å². The molecule has 1 aliphatic heterocycles. The molecule has 4 rings (SSSR count). The van der Waals surface area contributed by atoms with Crippen LogP contribution in [0.2, 0.25) is 0 Å². The van der Waals surface area contributed by atoms with Gasteiger partial charge < -0.3 is 14.2 Å². The van der Waals surface area contributed by atoms with Gasteiger partial charge >= 0.3 is 0 Å². The Kier molecular flexibility index (Phi) is 5.21. The van der Waals surface area contributed by atoms with Gasteiger partial charge in [-0.3, -0.25) is 9.59 Å². The molecule has 0 bridgehead atoms. The summed E-state index contributed by atoms with van der Waals surface area (Å²) in [5, 5.41) is 0.890. The lowest BCUT2D eigenvalue weighted by molar-refractivity contribution is -0.137. The van der Waals surface area contributed by atoms with Crippen molar-refractivity contribution in [2.75, 3.05) is 26.2 Å². The molecule has 2 heterocycles. The number of amides is 2. The summed E-state index contributed by atoms with van der Waals surface area (Å²) >= 11 is 3.43. The van der Waals surface area contributed by atoms with Crippen molar-refractivity contribution in [3.8, 4) is 0 Å². The van der Waals surface area contributed by atoms with Gasteiger partial charge in [0.1, 0.15) is 5.58 Å². The van der Waals surface area contributed by atoms with E-state index >= 15 is 0 Å². The highest BCUT2D eigenvalue weighted by Crippen LogP contribution is 2.27. The number of hydrogen-bond acceptors (Lipinski definition) is 3. The Hall–Kier alpha value is -2.60. The van der Waals surface area contributed by atoms with E-state index in [2.05, 4.69) is 15.9 Å². The SMILES string of the molecule is CC(C)(C(=O)N1CCN(C(=O)c2cc3cc(Br)ccc3o2)CC1)c1ccccc1. The fraction of sp³-hybridized carbons (Fsp3) is 0.304. The van der Waals surface area contributed by atoms with Crippen LogP contribution in [0.15, 0.2) is 63.5 Å². The summed E-state index contributed by atoms with van der Waals surface area (Å²) in [4.78, 5) is 29.6. The molecule has 3 aromatic rings. The highest BCUT2D eigenvalue weighted by Gasteiger charge is 2.36. The van der Waals surface area contributed by atoms with E-state index in [-0.39, 0.29) is 11.8 Å².